The molecule has 1 saturated heterocycles. The maximum Gasteiger partial charge on any atom is 1.00 e. The molecule has 0 bridgehead atoms. The zero-order valence-corrected chi connectivity index (χ0v) is 24.1. The molecule has 8 heteroatoms. The summed E-state index contributed by atoms with van der Waals surface area (Å²) in [4.78, 5) is 8.15. The summed E-state index contributed by atoms with van der Waals surface area (Å²) in [6.45, 7) is 11.0. The minimum atomic E-state index is -0.750. The molecule has 194 valence electrons. The Morgan fingerprint density at radius 2 is 1.26 bits per heavy atom. The number of pyridine rings is 2. The SMILES string of the molecule is C1CCOC1.CC(C)(C)[O-].CCc1cc(O)c2ncccc2c1.CCc1cc([O-])c2ncccc2c1.[Li+].[Li+]. The zero-order chi connectivity index (χ0) is 26.6. The summed E-state index contributed by atoms with van der Waals surface area (Å²) in [6, 6.07) is 15.1. The van der Waals surface area contributed by atoms with Crippen LogP contribution in [0.25, 0.3) is 21.8 Å². The Morgan fingerprint density at radius 1 is 0.816 bits per heavy atom. The van der Waals surface area contributed by atoms with Crippen LogP contribution in [0.1, 0.15) is 58.6 Å². The van der Waals surface area contributed by atoms with Gasteiger partial charge in [-0.05, 0) is 72.5 Å². The topological polar surface area (TPSA) is 101 Å². The van der Waals surface area contributed by atoms with Gasteiger partial charge in [-0.1, -0.05) is 58.6 Å². The number of rotatable bonds is 2. The molecular formula is C30H38Li2N2O4. The van der Waals surface area contributed by atoms with Gasteiger partial charge in [0.15, 0.2) is 0 Å². The zero-order valence-electron chi connectivity index (χ0n) is 24.1. The standard InChI is InChI=1S/2C11H11NO.C4H8O.C4H9O.2Li/c2*1-2-8-6-9-4-3-5-12-11(9)10(13)7-8;1-2-4-5-3-1;1-4(2,3)5;;/h2*3-7,13H,2H2,1H3;1-4H2;1-3H3;;/q;;;-1;2*+1/p-1. The second kappa shape index (κ2) is 18.3. The van der Waals surface area contributed by atoms with Crippen LogP contribution >= 0.6 is 0 Å². The normalized spacial score (nSPS) is 11.9. The summed E-state index contributed by atoms with van der Waals surface area (Å²) < 4.78 is 4.94. The van der Waals surface area contributed by atoms with Crippen LogP contribution in [0.3, 0.4) is 0 Å². The van der Waals surface area contributed by atoms with E-state index in [1.807, 2.05) is 37.3 Å². The van der Waals surface area contributed by atoms with Crippen LogP contribution in [-0.4, -0.2) is 33.9 Å². The number of aryl methyl sites for hydroxylation is 2. The summed E-state index contributed by atoms with van der Waals surface area (Å²) in [5.74, 6) is 0.296. The van der Waals surface area contributed by atoms with Crippen molar-refractivity contribution in [3.63, 3.8) is 0 Å². The molecule has 2 aromatic carbocycles. The van der Waals surface area contributed by atoms with Crippen molar-refractivity contribution < 1.29 is 57.8 Å². The van der Waals surface area contributed by atoms with Crippen LogP contribution in [0.4, 0.5) is 0 Å². The molecule has 0 spiro atoms. The first kappa shape index (κ1) is 36.0. The molecule has 1 fully saturated rings. The van der Waals surface area contributed by atoms with Gasteiger partial charge in [-0.3, -0.25) is 9.97 Å². The number of ether oxygens (including phenoxy) is 1. The van der Waals surface area contributed by atoms with Gasteiger partial charge in [0.05, 0.1) is 5.52 Å². The molecule has 4 aromatic rings. The molecule has 1 aliphatic rings. The van der Waals surface area contributed by atoms with Gasteiger partial charge in [0.25, 0.3) is 0 Å². The fourth-order valence-electron chi connectivity index (χ4n) is 3.37. The maximum atomic E-state index is 11.5. The molecule has 1 N–H and O–H groups in total. The number of hydrogen-bond acceptors (Lipinski definition) is 6. The third-order valence-corrected chi connectivity index (χ3v) is 5.12. The van der Waals surface area contributed by atoms with Crippen molar-refractivity contribution in [1.29, 1.82) is 0 Å². The summed E-state index contributed by atoms with van der Waals surface area (Å²) in [5, 5.41) is 33.2. The number of nitrogens with zero attached hydrogens (tertiary/aromatic N) is 2. The van der Waals surface area contributed by atoms with Crippen molar-refractivity contribution in [1.82, 2.24) is 9.97 Å². The second-order valence-corrected chi connectivity index (χ2v) is 9.50. The maximum absolute atomic E-state index is 11.5. The van der Waals surface area contributed by atoms with Gasteiger partial charge in [-0.2, -0.15) is 0 Å². The smallest absolute Gasteiger partial charge is 0.871 e. The molecule has 3 heterocycles. The molecule has 0 saturated carbocycles. The van der Waals surface area contributed by atoms with E-state index in [-0.39, 0.29) is 49.2 Å². The molecule has 0 aliphatic carbocycles. The molecule has 6 nitrogen and oxygen atoms in total. The van der Waals surface area contributed by atoms with Crippen molar-refractivity contribution >= 4 is 21.8 Å². The number of phenols is 1. The average Bonchev–Trinajstić information content (AvgIpc) is 3.44. The van der Waals surface area contributed by atoms with Gasteiger partial charge < -0.3 is 20.1 Å². The molecule has 0 unspecified atom stereocenters. The van der Waals surface area contributed by atoms with E-state index >= 15 is 0 Å². The van der Waals surface area contributed by atoms with E-state index in [4.69, 9.17) is 4.74 Å². The number of benzene rings is 2. The van der Waals surface area contributed by atoms with E-state index < -0.39 is 5.60 Å². The molecule has 5 rings (SSSR count). The van der Waals surface area contributed by atoms with Crippen LogP contribution in [0, 0.1) is 0 Å². The van der Waals surface area contributed by atoms with E-state index in [9.17, 15) is 15.3 Å². The van der Waals surface area contributed by atoms with Crippen LogP contribution in [0.15, 0.2) is 60.9 Å². The minimum absolute atomic E-state index is 0. The van der Waals surface area contributed by atoms with Crippen molar-refractivity contribution in [3.8, 4) is 11.5 Å². The van der Waals surface area contributed by atoms with Gasteiger partial charge in [-0.15, -0.1) is 5.60 Å². The molecule has 38 heavy (non-hydrogen) atoms. The molecule has 0 radical (unpaired) electrons. The van der Waals surface area contributed by atoms with Crippen LogP contribution in [0.2, 0.25) is 0 Å². The average molecular weight is 505 g/mol. The Balaban J connectivity index is 0.000000515. The Bertz CT molecular complexity index is 1130. The third kappa shape index (κ3) is 13.2. The van der Waals surface area contributed by atoms with E-state index in [0.717, 1.165) is 48.0 Å². The number of phenolic OH excluding ortho intramolecular Hbond substituents is 1. The number of aromatic nitrogens is 2. The quantitative estimate of drug-likeness (QED) is 0.363. The van der Waals surface area contributed by atoms with Crippen LogP contribution < -0.4 is 47.9 Å². The van der Waals surface area contributed by atoms with Crippen molar-refractivity contribution in [3.05, 3.63) is 72.1 Å². The molecule has 0 amide bonds. The Hall–Kier alpha value is -2.03. The molecule has 2 aromatic heterocycles. The fourth-order valence-corrected chi connectivity index (χ4v) is 3.37. The van der Waals surface area contributed by atoms with Crippen molar-refractivity contribution in [2.45, 2.75) is 65.9 Å². The van der Waals surface area contributed by atoms with Gasteiger partial charge in [0.1, 0.15) is 11.3 Å². The van der Waals surface area contributed by atoms with Crippen molar-refractivity contribution in [2.24, 2.45) is 0 Å². The number of hydrogen-bond donors (Lipinski definition) is 1. The summed E-state index contributed by atoms with van der Waals surface area (Å²) >= 11 is 0. The van der Waals surface area contributed by atoms with Gasteiger partial charge in [0.2, 0.25) is 0 Å². The van der Waals surface area contributed by atoms with Gasteiger partial charge >= 0.3 is 37.7 Å². The Kier molecular flexibility index (Phi) is 17.3. The predicted molar refractivity (Wildman–Crippen MR) is 143 cm³/mol. The van der Waals surface area contributed by atoms with Gasteiger partial charge in [0, 0.05) is 31.0 Å². The summed E-state index contributed by atoms with van der Waals surface area (Å²) in [5.41, 5.74) is 2.71. The minimum Gasteiger partial charge on any atom is -0.871 e. The monoisotopic (exact) mass is 504 g/mol. The number of aromatic hydroxyl groups is 1. The molecule has 0 atom stereocenters. The van der Waals surface area contributed by atoms with E-state index in [1.165, 1.54) is 12.8 Å². The van der Waals surface area contributed by atoms with E-state index in [2.05, 4.69) is 23.0 Å². The molecular weight excluding hydrogens is 466 g/mol. The summed E-state index contributed by atoms with van der Waals surface area (Å²) in [6.07, 6.45) is 7.71. The third-order valence-electron chi connectivity index (χ3n) is 5.12. The first-order chi connectivity index (χ1) is 17.1. The first-order valence-corrected chi connectivity index (χ1v) is 12.5. The fraction of sp³-hybridized carbons (Fsp3) is 0.400. The molecule has 1 aliphatic heterocycles. The van der Waals surface area contributed by atoms with E-state index in [0.29, 0.717) is 11.0 Å². The first-order valence-electron chi connectivity index (χ1n) is 12.5. The Morgan fingerprint density at radius 3 is 1.71 bits per heavy atom. The van der Waals surface area contributed by atoms with Gasteiger partial charge in [-0.25, -0.2) is 0 Å². The number of fused-ring (bicyclic) bond motifs is 2. The second-order valence-electron chi connectivity index (χ2n) is 9.50. The van der Waals surface area contributed by atoms with E-state index in [1.54, 1.807) is 45.3 Å². The van der Waals surface area contributed by atoms with Crippen LogP contribution in [-0.2, 0) is 17.6 Å². The summed E-state index contributed by atoms with van der Waals surface area (Å²) in [7, 11) is 0. The predicted octanol–water partition coefficient (Wildman–Crippen LogP) is -0.676. The Labute approximate surface area is 251 Å². The van der Waals surface area contributed by atoms with Crippen LogP contribution in [0.5, 0.6) is 11.5 Å². The van der Waals surface area contributed by atoms with Crippen molar-refractivity contribution in [2.75, 3.05) is 13.2 Å². The largest absolute Gasteiger partial charge is 1.00 e.